The zero-order valence-electron chi connectivity index (χ0n) is 18.7. The van der Waals surface area contributed by atoms with Crippen LogP contribution in [-0.4, -0.2) is 48.7 Å². The van der Waals surface area contributed by atoms with Crippen LogP contribution in [0.1, 0.15) is 41.9 Å². The van der Waals surface area contributed by atoms with E-state index in [4.69, 9.17) is 9.47 Å². The van der Waals surface area contributed by atoms with Crippen LogP contribution in [0.15, 0.2) is 42.5 Å². The number of anilines is 1. The molecule has 0 bridgehead atoms. The summed E-state index contributed by atoms with van der Waals surface area (Å²) < 4.78 is 10.7. The molecule has 1 fully saturated rings. The highest BCUT2D eigenvalue weighted by Crippen LogP contribution is 2.55. The number of nitrogens with one attached hydrogen (secondary N) is 2. The van der Waals surface area contributed by atoms with Crippen molar-refractivity contribution in [1.82, 2.24) is 9.88 Å². The second-order valence-electron chi connectivity index (χ2n) is 8.78. The maximum absolute atomic E-state index is 13.2. The van der Waals surface area contributed by atoms with Crippen LogP contribution >= 0.6 is 0 Å². The van der Waals surface area contributed by atoms with Crippen molar-refractivity contribution in [3.63, 3.8) is 0 Å². The molecule has 1 amide bonds. The number of methoxy groups -OCH3 is 2. The summed E-state index contributed by atoms with van der Waals surface area (Å²) in [4.78, 5) is 31.3. The molecule has 5 rings (SSSR count). The number of hydrogen-bond donors (Lipinski definition) is 2. The smallest absolute Gasteiger partial charge is 0.354 e. The highest BCUT2D eigenvalue weighted by atomic mass is 16.5. The minimum atomic E-state index is -0.602. The van der Waals surface area contributed by atoms with Crippen LogP contribution in [0, 0.1) is 5.92 Å². The van der Waals surface area contributed by atoms with Gasteiger partial charge in [-0.15, -0.1) is 0 Å². The van der Waals surface area contributed by atoms with Crippen molar-refractivity contribution < 1.29 is 19.1 Å². The summed E-state index contributed by atoms with van der Waals surface area (Å²) in [6.45, 7) is 4.43. The van der Waals surface area contributed by atoms with E-state index in [1.54, 1.807) is 7.11 Å². The number of benzene rings is 2. The number of para-hydroxylation sites is 1. The van der Waals surface area contributed by atoms with Gasteiger partial charge in [-0.3, -0.25) is 4.79 Å². The molecule has 0 radical (unpaired) electrons. The molecule has 3 heterocycles. The Morgan fingerprint density at radius 3 is 2.66 bits per heavy atom. The van der Waals surface area contributed by atoms with Gasteiger partial charge in [0.15, 0.2) is 0 Å². The highest BCUT2D eigenvalue weighted by Gasteiger charge is 2.58. The lowest BCUT2D eigenvalue weighted by Crippen LogP contribution is -2.48. The number of hydrogen-bond acceptors (Lipinski definition) is 5. The highest BCUT2D eigenvalue weighted by molar-refractivity contribution is 6.01. The number of carbonyl (C=O) groups is 2. The number of aromatic amines is 1. The molecular weight excluding hydrogens is 406 g/mol. The first-order chi connectivity index (χ1) is 15.4. The van der Waals surface area contributed by atoms with Gasteiger partial charge in [0, 0.05) is 34.6 Å². The van der Waals surface area contributed by atoms with E-state index in [9.17, 15) is 9.59 Å². The van der Waals surface area contributed by atoms with Crippen LogP contribution in [0.25, 0.3) is 10.9 Å². The third-order valence-electron chi connectivity index (χ3n) is 6.84. The summed E-state index contributed by atoms with van der Waals surface area (Å²) in [7, 11) is 3.01. The van der Waals surface area contributed by atoms with Crippen molar-refractivity contribution in [3.05, 3.63) is 59.3 Å². The second kappa shape index (κ2) is 7.29. The quantitative estimate of drug-likeness (QED) is 0.610. The fourth-order valence-corrected chi connectivity index (χ4v) is 5.44. The van der Waals surface area contributed by atoms with Gasteiger partial charge in [0.25, 0.3) is 0 Å². The Bertz CT molecular complexity index is 1230. The number of likely N-dealkylation sites (tertiary alicyclic amines) is 1. The van der Waals surface area contributed by atoms with Crippen LogP contribution in [-0.2, 0) is 14.9 Å². The summed E-state index contributed by atoms with van der Waals surface area (Å²) in [5.41, 5.74) is 3.55. The Labute approximate surface area is 186 Å². The van der Waals surface area contributed by atoms with Crippen LogP contribution in [0.3, 0.4) is 0 Å². The van der Waals surface area contributed by atoms with Crippen LogP contribution in [0.2, 0.25) is 0 Å². The van der Waals surface area contributed by atoms with Crippen molar-refractivity contribution in [2.24, 2.45) is 5.92 Å². The Morgan fingerprint density at radius 1 is 1.16 bits per heavy atom. The SMILES string of the molecule is COC(=O)c1[nH]c2ccc(OC)cc2c1C12CCN(C(=O)C(C)C)C1Nc1ccccc12. The molecule has 2 aromatic carbocycles. The van der Waals surface area contributed by atoms with Crippen molar-refractivity contribution >= 4 is 28.5 Å². The maximum atomic E-state index is 13.2. The van der Waals surface area contributed by atoms with Crippen LogP contribution < -0.4 is 10.1 Å². The molecule has 166 valence electrons. The largest absolute Gasteiger partial charge is 0.497 e. The van der Waals surface area contributed by atoms with Gasteiger partial charge in [0.05, 0.1) is 19.6 Å². The van der Waals surface area contributed by atoms with E-state index >= 15 is 0 Å². The zero-order valence-corrected chi connectivity index (χ0v) is 18.7. The second-order valence-corrected chi connectivity index (χ2v) is 8.78. The van der Waals surface area contributed by atoms with Gasteiger partial charge in [-0.2, -0.15) is 0 Å². The molecule has 7 nitrogen and oxygen atoms in total. The van der Waals surface area contributed by atoms with E-state index in [1.807, 2.05) is 55.1 Å². The number of carbonyl (C=O) groups excluding carboxylic acids is 2. The summed E-state index contributed by atoms with van der Waals surface area (Å²) >= 11 is 0. The van der Waals surface area contributed by atoms with Crippen molar-refractivity contribution in [1.29, 1.82) is 0 Å². The molecule has 1 saturated heterocycles. The summed E-state index contributed by atoms with van der Waals surface area (Å²) in [6, 6.07) is 13.8. The Hall–Kier alpha value is -3.48. The summed E-state index contributed by atoms with van der Waals surface area (Å²) in [5.74, 6) is 0.240. The van der Waals surface area contributed by atoms with Gasteiger partial charge < -0.3 is 24.7 Å². The van der Waals surface area contributed by atoms with Gasteiger partial charge in [-0.1, -0.05) is 32.0 Å². The molecule has 2 aliphatic heterocycles. The Morgan fingerprint density at radius 2 is 1.94 bits per heavy atom. The van der Waals surface area contributed by atoms with Gasteiger partial charge >= 0.3 is 5.97 Å². The minimum Gasteiger partial charge on any atom is -0.497 e. The van der Waals surface area contributed by atoms with Gasteiger partial charge in [-0.25, -0.2) is 4.79 Å². The first-order valence-corrected chi connectivity index (χ1v) is 10.9. The fraction of sp³-hybridized carbons (Fsp3) is 0.360. The predicted molar refractivity (Wildman–Crippen MR) is 122 cm³/mol. The first-order valence-electron chi connectivity index (χ1n) is 10.9. The van der Waals surface area contributed by atoms with E-state index in [0.29, 0.717) is 24.4 Å². The molecule has 32 heavy (non-hydrogen) atoms. The van der Waals surface area contributed by atoms with E-state index in [2.05, 4.69) is 16.4 Å². The molecule has 0 spiro atoms. The fourth-order valence-electron chi connectivity index (χ4n) is 5.44. The Kier molecular flexibility index (Phi) is 4.65. The van der Waals surface area contributed by atoms with E-state index in [1.165, 1.54) is 7.11 Å². The van der Waals surface area contributed by atoms with Gasteiger partial charge in [-0.05, 0) is 36.2 Å². The van der Waals surface area contributed by atoms with E-state index in [0.717, 1.165) is 27.7 Å². The van der Waals surface area contributed by atoms with E-state index < -0.39 is 11.4 Å². The number of nitrogens with zero attached hydrogens (tertiary/aromatic N) is 1. The van der Waals surface area contributed by atoms with Crippen molar-refractivity contribution in [3.8, 4) is 5.75 Å². The lowest BCUT2D eigenvalue weighted by atomic mass is 9.72. The lowest BCUT2D eigenvalue weighted by Gasteiger charge is -2.34. The molecule has 2 N–H and O–H groups in total. The number of aromatic nitrogens is 1. The molecule has 3 aromatic rings. The minimum absolute atomic E-state index is 0.0919. The van der Waals surface area contributed by atoms with Crippen LogP contribution in [0.5, 0.6) is 5.75 Å². The monoisotopic (exact) mass is 433 g/mol. The predicted octanol–water partition coefficient (Wildman–Crippen LogP) is 3.89. The first kappa shape index (κ1) is 20.4. The average Bonchev–Trinajstić information content (AvgIpc) is 3.45. The summed E-state index contributed by atoms with van der Waals surface area (Å²) in [5, 5.41) is 4.49. The molecule has 7 heteroatoms. The zero-order chi connectivity index (χ0) is 22.6. The third kappa shape index (κ3) is 2.66. The molecule has 0 saturated carbocycles. The standard InChI is InChI=1S/C25H27N3O4/c1-14(2)22(29)28-12-11-25(17-7-5-6-8-19(17)27-24(25)28)20-16-13-15(31-3)9-10-18(16)26-21(20)23(30)32-4/h5-10,13-14,24,26-27H,11-12H2,1-4H3. The molecule has 0 aliphatic carbocycles. The molecule has 1 aromatic heterocycles. The molecule has 2 unspecified atom stereocenters. The number of fused-ring (bicyclic) bond motifs is 4. The lowest BCUT2D eigenvalue weighted by molar-refractivity contribution is -0.135. The van der Waals surface area contributed by atoms with E-state index in [-0.39, 0.29) is 18.0 Å². The van der Waals surface area contributed by atoms with Gasteiger partial charge in [0.1, 0.15) is 17.6 Å². The number of ether oxygens (including phenoxy) is 2. The number of esters is 1. The molecule has 2 atom stereocenters. The van der Waals surface area contributed by atoms with Crippen molar-refractivity contribution in [2.75, 3.05) is 26.1 Å². The third-order valence-corrected chi connectivity index (χ3v) is 6.84. The number of rotatable bonds is 4. The Balaban J connectivity index is 1.83. The number of amides is 1. The van der Waals surface area contributed by atoms with Crippen LogP contribution in [0.4, 0.5) is 5.69 Å². The molecular formula is C25H27N3O4. The van der Waals surface area contributed by atoms with Crippen molar-refractivity contribution in [2.45, 2.75) is 31.8 Å². The summed E-state index contributed by atoms with van der Waals surface area (Å²) in [6.07, 6.45) is 0.386. The normalized spacial score (nSPS) is 21.4. The van der Waals surface area contributed by atoms with Gasteiger partial charge in [0.2, 0.25) is 5.91 Å². The maximum Gasteiger partial charge on any atom is 0.354 e. The molecule has 2 aliphatic rings. The average molecular weight is 434 g/mol. The number of H-pyrrole nitrogens is 1. The topological polar surface area (TPSA) is 83.7 Å².